The van der Waals surface area contributed by atoms with E-state index in [0.717, 1.165) is 10.9 Å². The molecule has 0 saturated carbocycles. The molecular formula is C16H13F3N4O. The van der Waals surface area contributed by atoms with Crippen molar-refractivity contribution < 1.29 is 17.9 Å². The lowest BCUT2D eigenvalue weighted by Crippen LogP contribution is -2.17. The molecule has 0 bridgehead atoms. The predicted octanol–water partition coefficient (Wildman–Crippen LogP) is 3.51. The lowest BCUT2D eigenvalue weighted by Gasteiger charge is -2.08. The van der Waals surface area contributed by atoms with Gasteiger partial charge in [0.15, 0.2) is 5.84 Å². The summed E-state index contributed by atoms with van der Waals surface area (Å²) in [5, 5.41) is 5.18. The Labute approximate surface area is 135 Å². The van der Waals surface area contributed by atoms with Crippen LogP contribution in [0.3, 0.4) is 0 Å². The van der Waals surface area contributed by atoms with Crippen LogP contribution >= 0.6 is 0 Å². The smallest absolute Gasteiger partial charge is 0.406 e. The molecule has 8 heteroatoms. The van der Waals surface area contributed by atoms with Gasteiger partial charge in [-0.2, -0.15) is 5.10 Å². The Bertz CT molecular complexity index is 898. The van der Waals surface area contributed by atoms with Crippen molar-refractivity contribution in [1.29, 1.82) is 0 Å². The number of alkyl halides is 3. The molecule has 0 aliphatic carbocycles. The van der Waals surface area contributed by atoms with Crippen LogP contribution in [-0.2, 0) is 7.05 Å². The van der Waals surface area contributed by atoms with Gasteiger partial charge in [0.25, 0.3) is 0 Å². The largest absolute Gasteiger partial charge is 0.573 e. The van der Waals surface area contributed by atoms with Gasteiger partial charge in [-0.3, -0.25) is 4.68 Å². The number of amidine groups is 1. The van der Waals surface area contributed by atoms with Crippen LogP contribution in [0, 0.1) is 0 Å². The van der Waals surface area contributed by atoms with E-state index in [4.69, 9.17) is 5.73 Å². The van der Waals surface area contributed by atoms with Gasteiger partial charge >= 0.3 is 6.36 Å². The van der Waals surface area contributed by atoms with Gasteiger partial charge < -0.3 is 10.5 Å². The van der Waals surface area contributed by atoms with Gasteiger partial charge in [0, 0.05) is 12.4 Å². The minimum Gasteiger partial charge on any atom is -0.406 e. The molecule has 0 atom stereocenters. The van der Waals surface area contributed by atoms with Gasteiger partial charge in [0.1, 0.15) is 11.4 Å². The molecule has 1 aromatic heterocycles. The summed E-state index contributed by atoms with van der Waals surface area (Å²) in [6, 6.07) is 12.7. The molecule has 5 nitrogen and oxygen atoms in total. The molecule has 3 rings (SSSR count). The second kappa shape index (κ2) is 5.88. The van der Waals surface area contributed by atoms with Crippen molar-refractivity contribution in [1.82, 2.24) is 9.78 Å². The van der Waals surface area contributed by atoms with Crippen molar-refractivity contribution in [3.05, 3.63) is 54.2 Å². The van der Waals surface area contributed by atoms with E-state index in [1.165, 1.54) is 24.3 Å². The molecule has 0 saturated heterocycles. The number of hydrogen-bond acceptors (Lipinski definition) is 3. The Hall–Kier alpha value is -3.03. The Morgan fingerprint density at radius 2 is 1.79 bits per heavy atom. The number of hydrogen-bond donors (Lipinski definition) is 1. The van der Waals surface area contributed by atoms with Crippen molar-refractivity contribution in [2.45, 2.75) is 6.36 Å². The van der Waals surface area contributed by atoms with Crippen molar-refractivity contribution in [2.75, 3.05) is 0 Å². The first-order chi connectivity index (χ1) is 11.3. The fraction of sp³-hybridized carbons (Fsp3) is 0.125. The van der Waals surface area contributed by atoms with Crippen molar-refractivity contribution in [3.63, 3.8) is 0 Å². The maximum absolute atomic E-state index is 12.1. The fourth-order valence-corrected chi connectivity index (χ4v) is 2.32. The molecule has 0 radical (unpaired) electrons. The van der Waals surface area contributed by atoms with Crippen LogP contribution in [0.25, 0.3) is 10.9 Å². The SMILES string of the molecule is Cn1nc(C(N)=Nc2ccc(OC(F)(F)F)cc2)c2ccccc21. The number of aliphatic imine (C=N–C) groups is 1. The predicted molar refractivity (Wildman–Crippen MR) is 84.2 cm³/mol. The number of nitrogens with zero attached hydrogens (tertiary/aromatic N) is 3. The van der Waals surface area contributed by atoms with E-state index >= 15 is 0 Å². The van der Waals surface area contributed by atoms with E-state index < -0.39 is 6.36 Å². The van der Waals surface area contributed by atoms with Crippen LogP contribution in [0.1, 0.15) is 5.69 Å². The van der Waals surface area contributed by atoms with E-state index in [1.807, 2.05) is 24.3 Å². The summed E-state index contributed by atoms with van der Waals surface area (Å²) in [5.41, 5.74) is 7.83. The zero-order chi connectivity index (χ0) is 17.3. The maximum atomic E-state index is 12.1. The molecule has 0 aliphatic rings. The molecule has 0 spiro atoms. The summed E-state index contributed by atoms with van der Waals surface area (Å²) in [6.45, 7) is 0. The summed E-state index contributed by atoms with van der Waals surface area (Å²) in [5.74, 6) is -0.139. The molecule has 0 unspecified atom stereocenters. The van der Waals surface area contributed by atoms with Gasteiger partial charge in [-0.15, -0.1) is 13.2 Å². The minimum absolute atomic E-state index is 0.177. The topological polar surface area (TPSA) is 65.4 Å². The quantitative estimate of drug-likeness (QED) is 0.589. The first kappa shape index (κ1) is 15.9. The third-order valence-corrected chi connectivity index (χ3v) is 3.32. The van der Waals surface area contributed by atoms with Gasteiger partial charge in [0.05, 0.1) is 11.2 Å². The number of rotatable bonds is 3. The zero-order valence-electron chi connectivity index (χ0n) is 12.6. The van der Waals surface area contributed by atoms with Gasteiger partial charge in [0.2, 0.25) is 0 Å². The van der Waals surface area contributed by atoms with Crippen LogP contribution in [0.15, 0.2) is 53.5 Å². The van der Waals surface area contributed by atoms with Gasteiger partial charge in [-0.05, 0) is 30.3 Å². The second-order valence-electron chi connectivity index (χ2n) is 5.03. The number of halogens is 3. The molecule has 3 aromatic rings. The van der Waals surface area contributed by atoms with Crippen LogP contribution in [0.5, 0.6) is 5.75 Å². The lowest BCUT2D eigenvalue weighted by atomic mass is 10.2. The summed E-state index contributed by atoms with van der Waals surface area (Å²) in [6.07, 6.45) is -4.73. The summed E-state index contributed by atoms with van der Waals surface area (Å²) in [4.78, 5) is 4.21. The molecule has 0 amide bonds. The van der Waals surface area contributed by atoms with Crippen LogP contribution in [0.4, 0.5) is 18.9 Å². The number of nitrogens with two attached hydrogens (primary N) is 1. The van der Waals surface area contributed by atoms with E-state index in [1.54, 1.807) is 11.7 Å². The molecule has 1 heterocycles. The Balaban J connectivity index is 1.90. The molecule has 124 valence electrons. The zero-order valence-corrected chi connectivity index (χ0v) is 12.6. The monoisotopic (exact) mass is 334 g/mol. The summed E-state index contributed by atoms with van der Waals surface area (Å²) >= 11 is 0. The number of fused-ring (bicyclic) bond motifs is 1. The summed E-state index contributed by atoms with van der Waals surface area (Å²) < 4.78 is 41.9. The Morgan fingerprint density at radius 3 is 2.46 bits per heavy atom. The normalized spacial score (nSPS) is 12.6. The Kier molecular flexibility index (Phi) is 3.88. The highest BCUT2D eigenvalue weighted by atomic mass is 19.4. The number of aromatic nitrogens is 2. The van der Waals surface area contributed by atoms with E-state index in [0.29, 0.717) is 11.4 Å². The van der Waals surface area contributed by atoms with Gasteiger partial charge in [-0.1, -0.05) is 18.2 Å². The minimum atomic E-state index is -4.73. The standard InChI is InChI=1S/C16H13F3N4O/c1-23-13-5-3-2-4-12(13)14(22-23)15(20)21-10-6-8-11(9-7-10)24-16(17,18)19/h2-9H,1H3,(H2,20,21). The number of benzene rings is 2. The van der Waals surface area contributed by atoms with Crippen molar-refractivity contribution >= 4 is 22.4 Å². The number of para-hydroxylation sites is 1. The molecule has 0 fully saturated rings. The Morgan fingerprint density at radius 1 is 1.12 bits per heavy atom. The van der Waals surface area contributed by atoms with E-state index in [-0.39, 0.29) is 11.6 Å². The highest BCUT2D eigenvalue weighted by Crippen LogP contribution is 2.25. The molecule has 24 heavy (non-hydrogen) atoms. The first-order valence-corrected chi connectivity index (χ1v) is 6.95. The average Bonchev–Trinajstić information content (AvgIpc) is 2.86. The van der Waals surface area contributed by atoms with E-state index in [2.05, 4.69) is 14.8 Å². The molecule has 0 aliphatic heterocycles. The molecular weight excluding hydrogens is 321 g/mol. The number of ether oxygens (including phenoxy) is 1. The highest BCUT2D eigenvalue weighted by molar-refractivity contribution is 6.07. The highest BCUT2D eigenvalue weighted by Gasteiger charge is 2.30. The van der Waals surface area contributed by atoms with Gasteiger partial charge in [-0.25, -0.2) is 4.99 Å². The first-order valence-electron chi connectivity index (χ1n) is 6.95. The van der Waals surface area contributed by atoms with Crippen molar-refractivity contribution in [3.8, 4) is 5.75 Å². The fourth-order valence-electron chi connectivity index (χ4n) is 2.32. The third-order valence-electron chi connectivity index (χ3n) is 3.32. The third kappa shape index (κ3) is 3.32. The average molecular weight is 334 g/mol. The van der Waals surface area contributed by atoms with Crippen LogP contribution in [0.2, 0.25) is 0 Å². The molecule has 2 aromatic carbocycles. The van der Waals surface area contributed by atoms with E-state index in [9.17, 15) is 13.2 Å². The van der Waals surface area contributed by atoms with Crippen LogP contribution < -0.4 is 10.5 Å². The summed E-state index contributed by atoms with van der Waals surface area (Å²) in [7, 11) is 1.79. The lowest BCUT2D eigenvalue weighted by molar-refractivity contribution is -0.274. The number of aryl methyl sites for hydroxylation is 1. The molecule has 2 N–H and O–H groups in total. The van der Waals surface area contributed by atoms with Crippen molar-refractivity contribution in [2.24, 2.45) is 17.8 Å². The maximum Gasteiger partial charge on any atom is 0.573 e. The second-order valence-corrected chi connectivity index (χ2v) is 5.03. The van der Waals surface area contributed by atoms with Crippen LogP contribution in [-0.4, -0.2) is 22.0 Å².